The highest BCUT2D eigenvalue weighted by Crippen LogP contribution is 2.37. The van der Waals surface area contributed by atoms with Crippen LogP contribution in [0.3, 0.4) is 0 Å². The number of benzene rings is 1. The second-order valence-electron chi connectivity index (χ2n) is 7.02. The third-order valence-electron chi connectivity index (χ3n) is 5.37. The molecule has 2 atom stereocenters. The first-order valence-electron chi connectivity index (χ1n) is 8.83. The van der Waals surface area contributed by atoms with Crippen molar-refractivity contribution in [3.63, 3.8) is 0 Å². The second kappa shape index (κ2) is 7.17. The quantitative estimate of drug-likeness (QED) is 0.566. The molecule has 1 aliphatic carbocycles. The molecular formula is C19H18Cl2N2O4. The van der Waals surface area contributed by atoms with Crippen LogP contribution in [-0.2, 0) is 14.4 Å². The summed E-state index contributed by atoms with van der Waals surface area (Å²) in [6.07, 6.45) is 5.17. The van der Waals surface area contributed by atoms with Crippen LogP contribution in [0.5, 0.6) is 5.75 Å². The van der Waals surface area contributed by atoms with Gasteiger partial charge in [0.15, 0.2) is 6.61 Å². The molecule has 142 valence electrons. The normalized spacial score (nSPS) is 24.8. The molecule has 0 spiro atoms. The molecule has 2 saturated heterocycles. The van der Waals surface area contributed by atoms with Gasteiger partial charge in [-0.25, -0.2) is 0 Å². The Kier molecular flexibility index (Phi) is 4.86. The van der Waals surface area contributed by atoms with Crippen LogP contribution in [0, 0.1) is 11.8 Å². The average Bonchev–Trinajstić information content (AvgIpc) is 2.85. The molecule has 0 bridgehead atoms. The predicted octanol–water partition coefficient (Wildman–Crippen LogP) is 2.53. The number of hydrogen-bond donors (Lipinski definition) is 0. The van der Waals surface area contributed by atoms with Gasteiger partial charge in [-0.3, -0.25) is 19.3 Å². The Labute approximate surface area is 166 Å². The highest BCUT2D eigenvalue weighted by molar-refractivity contribution is 6.35. The van der Waals surface area contributed by atoms with E-state index >= 15 is 0 Å². The van der Waals surface area contributed by atoms with Crippen molar-refractivity contribution in [3.8, 4) is 5.75 Å². The Bertz CT molecular complexity index is 809. The molecule has 27 heavy (non-hydrogen) atoms. The van der Waals surface area contributed by atoms with Crippen molar-refractivity contribution in [2.45, 2.75) is 18.9 Å². The van der Waals surface area contributed by atoms with E-state index in [0.717, 1.165) is 0 Å². The Morgan fingerprint density at radius 1 is 1.07 bits per heavy atom. The van der Waals surface area contributed by atoms with Gasteiger partial charge in [-0.15, -0.1) is 0 Å². The maximum absolute atomic E-state index is 12.6. The Balaban J connectivity index is 1.31. The summed E-state index contributed by atoms with van der Waals surface area (Å²) in [5.74, 6) is -0.500. The van der Waals surface area contributed by atoms with Gasteiger partial charge in [0.2, 0.25) is 11.8 Å². The molecule has 2 aliphatic heterocycles. The molecule has 0 saturated carbocycles. The fourth-order valence-electron chi connectivity index (χ4n) is 3.83. The summed E-state index contributed by atoms with van der Waals surface area (Å²) in [6, 6.07) is 4.54. The van der Waals surface area contributed by atoms with E-state index in [1.54, 1.807) is 23.1 Å². The molecule has 3 amide bonds. The number of hydrogen-bond acceptors (Lipinski definition) is 4. The van der Waals surface area contributed by atoms with Crippen molar-refractivity contribution >= 4 is 40.9 Å². The van der Waals surface area contributed by atoms with Crippen molar-refractivity contribution < 1.29 is 19.1 Å². The number of allylic oxidation sites excluding steroid dienone is 2. The van der Waals surface area contributed by atoms with E-state index in [0.29, 0.717) is 41.7 Å². The summed E-state index contributed by atoms with van der Waals surface area (Å²) >= 11 is 11.9. The third-order valence-corrected chi connectivity index (χ3v) is 5.90. The zero-order valence-corrected chi connectivity index (χ0v) is 15.9. The van der Waals surface area contributed by atoms with Crippen molar-refractivity contribution in [3.05, 3.63) is 40.4 Å². The first kappa shape index (κ1) is 18.3. The fourth-order valence-corrected chi connectivity index (χ4v) is 4.29. The second-order valence-corrected chi connectivity index (χ2v) is 7.86. The largest absolute Gasteiger partial charge is 0.482 e. The van der Waals surface area contributed by atoms with Gasteiger partial charge in [-0.05, 0) is 31.0 Å². The van der Waals surface area contributed by atoms with Crippen LogP contribution in [0.4, 0.5) is 0 Å². The van der Waals surface area contributed by atoms with Crippen LogP contribution in [0.25, 0.3) is 0 Å². The Morgan fingerprint density at radius 3 is 2.30 bits per heavy atom. The van der Waals surface area contributed by atoms with E-state index < -0.39 is 0 Å². The van der Waals surface area contributed by atoms with Crippen molar-refractivity contribution in [2.75, 3.05) is 19.7 Å². The number of fused-ring (bicyclic) bond motifs is 1. The van der Waals surface area contributed by atoms with E-state index in [1.165, 1.54) is 4.90 Å². The highest BCUT2D eigenvalue weighted by Gasteiger charge is 2.52. The number of halogens is 2. The fraction of sp³-hybridized carbons (Fsp3) is 0.421. The molecule has 2 heterocycles. The van der Waals surface area contributed by atoms with Gasteiger partial charge in [-0.1, -0.05) is 35.4 Å². The van der Waals surface area contributed by atoms with Crippen LogP contribution < -0.4 is 4.74 Å². The molecule has 1 aromatic rings. The number of amides is 3. The van der Waals surface area contributed by atoms with Crippen LogP contribution >= 0.6 is 23.2 Å². The van der Waals surface area contributed by atoms with E-state index in [1.807, 2.05) is 12.2 Å². The monoisotopic (exact) mass is 408 g/mol. The first-order valence-corrected chi connectivity index (χ1v) is 9.59. The zero-order chi connectivity index (χ0) is 19.1. The van der Waals surface area contributed by atoms with E-state index in [-0.39, 0.29) is 42.2 Å². The average molecular weight is 409 g/mol. The number of imide groups is 1. The molecule has 0 radical (unpaired) electrons. The summed E-state index contributed by atoms with van der Waals surface area (Å²) in [4.78, 5) is 40.3. The van der Waals surface area contributed by atoms with Gasteiger partial charge in [0.1, 0.15) is 5.75 Å². The SMILES string of the molecule is O=C(COc1ccc(Cl)cc1Cl)N1CC(N2C(=O)[C@H]3CC=CC[C@H]3C2=O)C1. The lowest BCUT2D eigenvalue weighted by molar-refractivity contribution is -0.153. The van der Waals surface area contributed by atoms with Crippen LogP contribution in [0.1, 0.15) is 12.8 Å². The molecule has 0 unspecified atom stereocenters. The number of carbonyl (C=O) groups excluding carboxylic acids is 3. The van der Waals surface area contributed by atoms with Gasteiger partial charge in [0, 0.05) is 18.1 Å². The maximum Gasteiger partial charge on any atom is 0.260 e. The minimum Gasteiger partial charge on any atom is -0.482 e. The molecule has 6 nitrogen and oxygen atoms in total. The molecular weight excluding hydrogens is 391 g/mol. The molecule has 2 fully saturated rings. The molecule has 3 aliphatic rings. The summed E-state index contributed by atoms with van der Waals surface area (Å²) in [7, 11) is 0. The van der Waals surface area contributed by atoms with Gasteiger partial charge in [0.05, 0.1) is 22.9 Å². The maximum atomic E-state index is 12.6. The Hall–Kier alpha value is -2.05. The van der Waals surface area contributed by atoms with Gasteiger partial charge >= 0.3 is 0 Å². The van der Waals surface area contributed by atoms with Gasteiger partial charge < -0.3 is 9.64 Å². The minimum atomic E-state index is -0.237. The molecule has 8 heteroatoms. The summed E-state index contributed by atoms with van der Waals surface area (Å²) < 4.78 is 5.45. The van der Waals surface area contributed by atoms with Crippen molar-refractivity contribution in [1.82, 2.24) is 9.80 Å². The lowest BCUT2D eigenvalue weighted by Gasteiger charge is -2.43. The smallest absolute Gasteiger partial charge is 0.260 e. The van der Waals surface area contributed by atoms with E-state index in [2.05, 4.69) is 0 Å². The minimum absolute atomic E-state index is 0.101. The Morgan fingerprint density at radius 2 is 1.70 bits per heavy atom. The summed E-state index contributed by atoms with van der Waals surface area (Å²) in [5.41, 5.74) is 0. The number of nitrogens with zero attached hydrogens (tertiary/aromatic N) is 2. The topological polar surface area (TPSA) is 66.9 Å². The number of carbonyl (C=O) groups is 3. The lowest BCUT2D eigenvalue weighted by Crippen LogP contribution is -2.63. The molecule has 4 rings (SSSR count). The zero-order valence-electron chi connectivity index (χ0n) is 14.4. The standard InChI is InChI=1S/C19H18Cl2N2O4/c20-11-5-6-16(15(21)7-11)27-10-17(24)22-8-12(9-22)23-18(25)13-3-1-2-4-14(13)19(23)26/h1-2,5-7,12-14H,3-4,8-10H2/t13-,14+. The third kappa shape index (κ3) is 3.32. The van der Waals surface area contributed by atoms with E-state index in [9.17, 15) is 14.4 Å². The predicted molar refractivity (Wildman–Crippen MR) is 99.5 cm³/mol. The lowest BCUT2D eigenvalue weighted by atomic mass is 9.85. The number of ether oxygens (including phenoxy) is 1. The number of likely N-dealkylation sites (tertiary alicyclic amines) is 2. The van der Waals surface area contributed by atoms with E-state index in [4.69, 9.17) is 27.9 Å². The first-order chi connectivity index (χ1) is 13.0. The van der Waals surface area contributed by atoms with Crippen molar-refractivity contribution in [1.29, 1.82) is 0 Å². The van der Waals surface area contributed by atoms with Gasteiger partial charge in [-0.2, -0.15) is 0 Å². The highest BCUT2D eigenvalue weighted by atomic mass is 35.5. The van der Waals surface area contributed by atoms with Crippen molar-refractivity contribution in [2.24, 2.45) is 11.8 Å². The van der Waals surface area contributed by atoms with Crippen LogP contribution in [0.2, 0.25) is 10.0 Å². The molecule has 0 aromatic heterocycles. The van der Waals surface area contributed by atoms with Crippen LogP contribution in [-0.4, -0.2) is 53.3 Å². The summed E-state index contributed by atoms with van der Waals surface area (Å²) in [5, 5.41) is 0.821. The number of rotatable bonds is 4. The molecule has 1 aromatic carbocycles. The summed E-state index contributed by atoms with van der Waals surface area (Å²) in [6.45, 7) is 0.535. The van der Waals surface area contributed by atoms with Crippen LogP contribution in [0.15, 0.2) is 30.4 Å². The van der Waals surface area contributed by atoms with Gasteiger partial charge in [0.25, 0.3) is 5.91 Å². The molecule has 0 N–H and O–H groups in total.